The monoisotopic (exact) mass is 450 g/mol. The van der Waals surface area contributed by atoms with Gasteiger partial charge in [0.25, 0.3) is 0 Å². The minimum Gasteiger partial charge on any atom is -0.383 e. The smallest absolute Gasteiger partial charge is 0.224 e. The van der Waals surface area contributed by atoms with Crippen LogP contribution < -0.4 is 10.6 Å². The van der Waals surface area contributed by atoms with E-state index in [-0.39, 0.29) is 5.91 Å². The van der Waals surface area contributed by atoms with Crippen LogP contribution in [0.3, 0.4) is 0 Å². The number of amides is 1. The summed E-state index contributed by atoms with van der Waals surface area (Å²) in [4.78, 5) is 21.7. The van der Waals surface area contributed by atoms with Crippen LogP contribution in [0.2, 0.25) is 0 Å². The summed E-state index contributed by atoms with van der Waals surface area (Å²) in [5.74, 6) is 0.724. The number of anilines is 1. The predicted octanol–water partition coefficient (Wildman–Crippen LogP) is 3.12. The molecule has 166 valence electrons. The molecule has 9 heteroatoms. The standard InChI is InChI=1S/C23H26N6O2S/c1-31-13-11-25-21-19-15-26-29(22(19)28-23(27-21)32-2)12-10-24-20(30)14-17-8-5-7-16-6-3-4-9-18(16)17/h3-9,15H,10-14H2,1-2H3,(H,24,30)(H,25,27,28). The molecule has 8 nitrogen and oxygen atoms in total. The number of methoxy groups -OCH3 is 1. The first-order valence-corrected chi connectivity index (χ1v) is 11.7. The number of ether oxygens (including phenoxy) is 1. The van der Waals surface area contributed by atoms with E-state index in [1.54, 1.807) is 18.0 Å². The zero-order valence-electron chi connectivity index (χ0n) is 18.2. The molecule has 0 aliphatic carbocycles. The second-order valence-corrected chi connectivity index (χ2v) is 8.02. The summed E-state index contributed by atoms with van der Waals surface area (Å²) in [6.45, 7) is 2.21. The lowest BCUT2D eigenvalue weighted by Gasteiger charge is -2.10. The van der Waals surface area contributed by atoms with Gasteiger partial charge in [0.05, 0.1) is 31.2 Å². The molecule has 0 aliphatic heterocycles. The molecule has 4 rings (SSSR count). The van der Waals surface area contributed by atoms with Crippen LogP contribution in [0.4, 0.5) is 5.82 Å². The Morgan fingerprint density at radius 1 is 1.09 bits per heavy atom. The number of carbonyl (C=O) groups is 1. The first-order valence-electron chi connectivity index (χ1n) is 10.4. The number of aromatic nitrogens is 4. The summed E-state index contributed by atoms with van der Waals surface area (Å²) in [5, 5.41) is 14.5. The molecule has 0 aliphatic rings. The molecule has 2 N–H and O–H groups in total. The van der Waals surface area contributed by atoms with Crippen LogP contribution in [0.15, 0.2) is 53.8 Å². The van der Waals surface area contributed by atoms with Crippen LogP contribution in [-0.4, -0.2) is 58.7 Å². The minimum atomic E-state index is -0.0147. The molecule has 0 saturated carbocycles. The highest BCUT2D eigenvalue weighted by Gasteiger charge is 2.13. The van der Waals surface area contributed by atoms with Crippen LogP contribution in [0, 0.1) is 0 Å². The lowest BCUT2D eigenvalue weighted by molar-refractivity contribution is -0.120. The second kappa shape index (κ2) is 10.4. The molecule has 32 heavy (non-hydrogen) atoms. The first-order chi connectivity index (χ1) is 15.7. The quantitative estimate of drug-likeness (QED) is 0.218. The molecule has 1 amide bonds. The van der Waals surface area contributed by atoms with Crippen molar-refractivity contribution in [1.29, 1.82) is 0 Å². The van der Waals surface area contributed by atoms with Gasteiger partial charge in [-0.15, -0.1) is 0 Å². The molecule has 0 fully saturated rings. The van der Waals surface area contributed by atoms with Gasteiger partial charge in [0.1, 0.15) is 5.82 Å². The highest BCUT2D eigenvalue weighted by molar-refractivity contribution is 7.98. The van der Waals surface area contributed by atoms with Gasteiger partial charge in [0.2, 0.25) is 5.91 Å². The fraction of sp³-hybridized carbons (Fsp3) is 0.304. The van der Waals surface area contributed by atoms with Gasteiger partial charge < -0.3 is 15.4 Å². The number of nitrogens with one attached hydrogen (secondary N) is 2. The van der Waals surface area contributed by atoms with Gasteiger partial charge in [-0.1, -0.05) is 54.2 Å². The molecule has 0 unspecified atom stereocenters. The largest absolute Gasteiger partial charge is 0.383 e. The molecule has 2 aromatic carbocycles. The third-order valence-corrected chi connectivity index (χ3v) is 5.68. The maximum atomic E-state index is 12.6. The Bertz CT molecular complexity index is 1220. The zero-order chi connectivity index (χ0) is 22.3. The average molecular weight is 451 g/mol. The number of carbonyl (C=O) groups excluding carboxylic acids is 1. The SMILES string of the molecule is COCCNc1nc(SC)nc2c1cnn2CCNC(=O)Cc1cccc2ccccc12. The van der Waals surface area contributed by atoms with Gasteiger partial charge in [-0.3, -0.25) is 4.79 Å². The van der Waals surface area contributed by atoms with Crippen LogP contribution in [0.25, 0.3) is 21.8 Å². The van der Waals surface area contributed by atoms with Gasteiger partial charge in [-0.25, -0.2) is 14.6 Å². The van der Waals surface area contributed by atoms with E-state index < -0.39 is 0 Å². The molecule has 4 aromatic rings. The molecule has 0 atom stereocenters. The van der Waals surface area contributed by atoms with Gasteiger partial charge in [-0.2, -0.15) is 5.10 Å². The van der Waals surface area contributed by atoms with E-state index in [0.717, 1.165) is 33.2 Å². The van der Waals surface area contributed by atoms with Crippen molar-refractivity contribution in [3.05, 3.63) is 54.2 Å². The maximum Gasteiger partial charge on any atom is 0.224 e. The number of hydrogen-bond donors (Lipinski definition) is 2. The summed E-state index contributed by atoms with van der Waals surface area (Å²) in [6.07, 6.45) is 4.04. The normalized spacial score (nSPS) is 11.2. The van der Waals surface area contributed by atoms with E-state index >= 15 is 0 Å². The number of fused-ring (bicyclic) bond motifs is 2. The van der Waals surface area contributed by atoms with E-state index in [2.05, 4.69) is 43.9 Å². The fourth-order valence-corrected chi connectivity index (χ4v) is 3.94. The summed E-state index contributed by atoms with van der Waals surface area (Å²) in [7, 11) is 1.66. The fourth-order valence-electron chi connectivity index (χ4n) is 3.58. The number of nitrogens with zero attached hydrogens (tertiary/aromatic N) is 4. The lowest BCUT2D eigenvalue weighted by Crippen LogP contribution is -2.29. The molecule has 0 bridgehead atoms. The second-order valence-electron chi connectivity index (χ2n) is 7.25. The highest BCUT2D eigenvalue weighted by atomic mass is 32.2. The lowest BCUT2D eigenvalue weighted by atomic mass is 10.0. The zero-order valence-corrected chi connectivity index (χ0v) is 19.0. The highest BCUT2D eigenvalue weighted by Crippen LogP contribution is 2.23. The Labute approximate surface area is 190 Å². The van der Waals surface area contributed by atoms with E-state index in [1.807, 2.05) is 30.5 Å². The van der Waals surface area contributed by atoms with Crippen molar-refractivity contribution in [2.45, 2.75) is 18.1 Å². The van der Waals surface area contributed by atoms with Crippen LogP contribution in [0.1, 0.15) is 5.56 Å². The number of benzene rings is 2. The van der Waals surface area contributed by atoms with Crippen molar-refractivity contribution < 1.29 is 9.53 Å². The van der Waals surface area contributed by atoms with Crippen molar-refractivity contribution in [3.8, 4) is 0 Å². The van der Waals surface area contributed by atoms with Crippen LogP contribution in [0.5, 0.6) is 0 Å². The Kier molecular flexibility index (Phi) is 7.18. The molecule has 0 saturated heterocycles. The summed E-state index contributed by atoms with van der Waals surface area (Å²) in [5.41, 5.74) is 1.77. The van der Waals surface area contributed by atoms with Gasteiger partial charge in [0, 0.05) is 20.2 Å². The summed E-state index contributed by atoms with van der Waals surface area (Å²) in [6, 6.07) is 14.2. The van der Waals surface area contributed by atoms with Gasteiger partial charge in [0.15, 0.2) is 10.8 Å². The van der Waals surface area contributed by atoms with Crippen LogP contribution >= 0.6 is 11.8 Å². The number of hydrogen-bond acceptors (Lipinski definition) is 7. The number of rotatable bonds is 10. The Balaban J connectivity index is 1.41. The van der Waals surface area contributed by atoms with E-state index in [9.17, 15) is 4.79 Å². The van der Waals surface area contributed by atoms with Gasteiger partial charge in [-0.05, 0) is 22.6 Å². The Morgan fingerprint density at radius 3 is 2.78 bits per heavy atom. The van der Waals surface area contributed by atoms with Crippen molar-refractivity contribution >= 4 is 45.3 Å². The molecule has 0 radical (unpaired) electrons. The van der Waals surface area contributed by atoms with Crippen molar-refractivity contribution in [2.75, 3.05) is 38.4 Å². The minimum absolute atomic E-state index is 0.0147. The maximum absolute atomic E-state index is 12.6. The molecular weight excluding hydrogens is 424 g/mol. The van der Waals surface area contributed by atoms with Crippen molar-refractivity contribution in [1.82, 2.24) is 25.1 Å². The Morgan fingerprint density at radius 2 is 1.94 bits per heavy atom. The molecule has 2 heterocycles. The van der Waals surface area contributed by atoms with E-state index in [1.165, 1.54) is 11.8 Å². The average Bonchev–Trinajstić information content (AvgIpc) is 3.22. The van der Waals surface area contributed by atoms with Gasteiger partial charge >= 0.3 is 0 Å². The van der Waals surface area contributed by atoms with Crippen molar-refractivity contribution in [3.63, 3.8) is 0 Å². The predicted molar refractivity (Wildman–Crippen MR) is 128 cm³/mol. The van der Waals surface area contributed by atoms with E-state index in [0.29, 0.717) is 37.8 Å². The molecule has 0 spiro atoms. The molecular formula is C23H26N6O2S. The van der Waals surface area contributed by atoms with Crippen molar-refractivity contribution in [2.24, 2.45) is 0 Å². The summed E-state index contributed by atoms with van der Waals surface area (Å²) >= 11 is 1.48. The topological polar surface area (TPSA) is 94.0 Å². The number of thioether (sulfide) groups is 1. The third kappa shape index (κ3) is 5.00. The van der Waals surface area contributed by atoms with E-state index in [4.69, 9.17) is 4.74 Å². The molecule has 2 aromatic heterocycles. The third-order valence-electron chi connectivity index (χ3n) is 5.13. The Hall–Kier alpha value is -3.17. The van der Waals surface area contributed by atoms with Crippen LogP contribution in [-0.2, 0) is 22.5 Å². The summed E-state index contributed by atoms with van der Waals surface area (Å²) < 4.78 is 6.91. The first kappa shape index (κ1) is 22.0.